The number of thiophene rings is 1. The molecule has 3 heteroatoms. The zero-order chi connectivity index (χ0) is 16.3. The van der Waals surface area contributed by atoms with Crippen molar-refractivity contribution in [1.82, 2.24) is 4.98 Å². The van der Waals surface area contributed by atoms with E-state index in [0.717, 1.165) is 11.4 Å². The van der Waals surface area contributed by atoms with Gasteiger partial charge in [-0.3, -0.25) is 0 Å². The minimum atomic E-state index is 0.571. The quantitative estimate of drug-likeness (QED) is 0.483. The Bertz CT molecular complexity index is 939. The molecule has 3 aromatic rings. The number of benzene rings is 1. The minimum absolute atomic E-state index is 0.571. The van der Waals surface area contributed by atoms with E-state index >= 15 is 0 Å². The molecular formula is C21H20ClNS. The van der Waals surface area contributed by atoms with Crippen LogP contribution in [-0.2, 0) is 19.3 Å². The number of hydrogen-bond donors (Lipinski definition) is 0. The van der Waals surface area contributed by atoms with Crippen molar-refractivity contribution < 1.29 is 0 Å². The third kappa shape index (κ3) is 2.16. The highest BCUT2D eigenvalue weighted by Crippen LogP contribution is 2.46. The summed E-state index contributed by atoms with van der Waals surface area (Å²) in [6.07, 6.45) is 7.43. The van der Waals surface area contributed by atoms with E-state index in [1.54, 1.807) is 10.4 Å². The van der Waals surface area contributed by atoms with Gasteiger partial charge in [0, 0.05) is 21.0 Å². The molecule has 0 aliphatic heterocycles. The number of halogens is 1. The number of aryl methyl sites for hydroxylation is 2. The Labute approximate surface area is 151 Å². The Hall–Kier alpha value is -1.38. The lowest BCUT2D eigenvalue weighted by Crippen LogP contribution is -2.11. The highest BCUT2D eigenvalue weighted by Gasteiger charge is 2.28. The molecule has 0 amide bonds. The lowest BCUT2D eigenvalue weighted by Gasteiger charge is -2.25. The van der Waals surface area contributed by atoms with Crippen molar-refractivity contribution in [3.05, 3.63) is 51.0 Å². The van der Waals surface area contributed by atoms with Gasteiger partial charge in [0.1, 0.15) is 4.83 Å². The second kappa shape index (κ2) is 5.57. The highest BCUT2D eigenvalue weighted by molar-refractivity contribution is 7.19. The van der Waals surface area contributed by atoms with Gasteiger partial charge in [-0.05, 0) is 78.8 Å². The van der Waals surface area contributed by atoms with Crippen LogP contribution in [0, 0.1) is 0 Å². The minimum Gasteiger partial charge on any atom is -0.241 e. The maximum Gasteiger partial charge on any atom is 0.124 e. The van der Waals surface area contributed by atoms with E-state index in [9.17, 15) is 0 Å². The smallest absolute Gasteiger partial charge is 0.124 e. The number of rotatable bonds is 1. The van der Waals surface area contributed by atoms with Gasteiger partial charge in [-0.1, -0.05) is 30.7 Å². The fourth-order valence-electron chi connectivity index (χ4n) is 4.50. The van der Waals surface area contributed by atoms with E-state index in [-0.39, 0.29) is 0 Å². The van der Waals surface area contributed by atoms with E-state index < -0.39 is 0 Å². The standard InChI is InChI=1S/C21H20ClNS/c1-12-4-2-6-16-18(13-8-10-14(22)11-9-13)19-15-5-3-7-17(15)24-21(19)23-20(12)16/h8-12H,2-7H2,1H3/t12-/m0/s1. The van der Waals surface area contributed by atoms with Crippen LogP contribution in [0.4, 0.5) is 0 Å². The number of hydrogen-bond acceptors (Lipinski definition) is 2. The Morgan fingerprint density at radius 2 is 1.83 bits per heavy atom. The van der Waals surface area contributed by atoms with Crippen molar-refractivity contribution in [3.63, 3.8) is 0 Å². The topological polar surface area (TPSA) is 12.9 Å². The van der Waals surface area contributed by atoms with Crippen LogP contribution in [0.3, 0.4) is 0 Å². The molecule has 24 heavy (non-hydrogen) atoms. The summed E-state index contributed by atoms with van der Waals surface area (Å²) in [5.41, 5.74) is 7.19. The molecule has 0 spiro atoms. The molecule has 1 nitrogen and oxygen atoms in total. The van der Waals surface area contributed by atoms with Gasteiger partial charge in [0.05, 0.1) is 0 Å². The Balaban J connectivity index is 1.89. The summed E-state index contributed by atoms with van der Waals surface area (Å²) in [7, 11) is 0. The Morgan fingerprint density at radius 1 is 1.04 bits per heavy atom. The van der Waals surface area contributed by atoms with Crippen molar-refractivity contribution in [1.29, 1.82) is 0 Å². The van der Waals surface area contributed by atoms with Gasteiger partial charge in [0.25, 0.3) is 0 Å². The zero-order valence-electron chi connectivity index (χ0n) is 13.9. The van der Waals surface area contributed by atoms with Gasteiger partial charge in [0.2, 0.25) is 0 Å². The van der Waals surface area contributed by atoms with E-state index in [4.69, 9.17) is 16.6 Å². The lowest BCUT2D eigenvalue weighted by molar-refractivity contribution is 0.577. The van der Waals surface area contributed by atoms with Crippen LogP contribution in [0.5, 0.6) is 0 Å². The summed E-state index contributed by atoms with van der Waals surface area (Å²) in [6.45, 7) is 2.34. The maximum atomic E-state index is 6.15. The summed E-state index contributed by atoms with van der Waals surface area (Å²) >= 11 is 8.08. The molecule has 2 aliphatic carbocycles. The molecule has 122 valence electrons. The molecule has 2 aromatic heterocycles. The summed E-state index contributed by atoms with van der Waals surface area (Å²) in [5, 5.41) is 2.25. The number of fused-ring (bicyclic) bond motifs is 4. The van der Waals surface area contributed by atoms with Gasteiger partial charge in [-0.2, -0.15) is 0 Å². The molecule has 0 saturated heterocycles. The van der Waals surface area contributed by atoms with Gasteiger partial charge >= 0.3 is 0 Å². The molecule has 2 heterocycles. The Kier molecular flexibility index (Phi) is 3.46. The van der Waals surface area contributed by atoms with E-state index in [1.165, 1.54) is 64.7 Å². The molecule has 2 aliphatic rings. The molecule has 0 radical (unpaired) electrons. The van der Waals surface area contributed by atoms with Crippen LogP contribution < -0.4 is 0 Å². The molecule has 5 rings (SSSR count). The molecule has 0 saturated carbocycles. The largest absolute Gasteiger partial charge is 0.241 e. The van der Waals surface area contributed by atoms with Gasteiger partial charge < -0.3 is 0 Å². The molecule has 0 unspecified atom stereocenters. The first kappa shape index (κ1) is 14.9. The fourth-order valence-corrected chi connectivity index (χ4v) is 5.90. The van der Waals surface area contributed by atoms with Crippen molar-refractivity contribution in [3.8, 4) is 11.1 Å². The summed E-state index contributed by atoms with van der Waals surface area (Å²) in [5.74, 6) is 0.571. The number of aromatic nitrogens is 1. The van der Waals surface area contributed by atoms with Gasteiger partial charge in [0.15, 0.2) is 0 Å². The normalized spacial score (nSPS) is 19.5. The molecular weight excluding hydrogens is 334 g/mol. The lowest BCUT2D eigenvalue weighted by atomic mass is 9.82. The van der Waals surface area contributed by atoms with Gasteiger partial charge in [-0.25, -0.2) is 4.98 Å². The summed E-state index contributed by atoms with van der Waals surface area (Å²) < 4.78 is 0. The van der Waals surface area contributed by atoms with Crippen molar-refractivity contribution in [2.24, 2.45) is 0 Å². The SMILES string of the molecule is C[C@H]1CCCc2c1nc1sc3c(c1c2-c1ccc(Cl)cc1)CCC3. The first-order chi connectivity index (χ1) is 11.7. The molecule has 0 bridgehead atoms. The van der Waals surface area contributed by atoms with Crippen molar-refractivity contribution >= 4 is 33.2 Å². The van der Waals surface area contributed by atoms with Crippen LogP contribution in [0.2, 0.25) is 5.02 Å². The first-order valence-electron chi connectivity index (χ1n) is 8.95. The second-order valence-electron chi connectivity index (χ2n) is 7.19. The van der Waals surface area contributed by atoms with E-state index in [2.05, 4.69) is 19.1 Å². The van der Waals surface area contributed by atoms with Crippen LogP contribution in [0.15, 0.2) is 24.3 Å². The number of pyridine rings is 1. The molecule has 1 aromatic carbocycles. The van der Waals surface area contributed by atoms with Crippen molar-refractivity contribution in [2.45, 2.75) is 51.4 Å². The first-order valence-corrected chi connectivity index (χ1v) is 10.1. The average molecular weight is 354 g/mol. The van der Waals surface area contributed by atoms with Crippen molar-refractivity contribution in [2.75, 3.05) is 0 Å². The summed E-state index contributed by atoms with van der Waals surface area (Å²) in [6, 6.07) is 8.42. The van der Waals surface area contributed by atoms with Crippen LogP contribution >= 0.6 is 22.9 Å². The average Bonchev–Trinajstić information content (AvgIpc) is 3.15. The predicted molar refractivity (Wildman–Crippen MR) is 103 cm³/mol. The third-order valence-corrected chi connectivity index (χ3v) is 7.09. The second-order valence-corrected chi connectivity index (χ2v) is 8.71. The number of nitrogens with zero attached hydrogens (tertiary/aromatic N) is 1. The van der Waals surface area contributed by atoms with E-state index in [0.29, 0.717) is 5.92 Å². The van der Waals surface area contributed by atoms with E-state index in [1.807, 2.05) is 23.5 Å². The monoisotopic (exact) mass is 353 g/mol. The zero-order valence-corrected chi connectivity index (χ0v) is 15.4. The van der Waals surface area contributed by atoms with Crippen LogP contribution in [0.1, 0.15) is 53.8 Å². The molecule has 0 N–H and O–H groups in total. The summed E-state index contributed by atoms with van der Waals surface area (Å²) in [4.78, 5) is 7.99. The maximum absolute atomic E-state index is 6.15. The molecule has 1 atom stereocenters. The van der Waals surface area contributed by atoms with Crippen LogP contribution in [-0.4, -0.2) is 4.98 Å². The van der Waals surface area contributed by atoms with Crippen LogP contribution in [0.25, 0.3) is 21.3 Å². The fraction of sp³-hybridized carbons (Fsp3) is 0.381. The van der Waals surface area contributed by atoms with Gasteiger partial charge in [-0.15, -0.1) is 11.3 Å². The molecule has 0 fully saturated rings. The Morgan fingerprint density at radius 3 is 2.67 bits per heavy atom. The highest BCUT2D eigenvalue weighted by atomic mass is 35.5. The predicted octanol–water partition coefficient (Wildman–Crippen LogP) is 6.55. The third-order valence-electron chi connectivity index (χ3n) is 5.65.